The molecule has 1 aliphatic carbocycles. The van der Waals surface area contributed by atoms with Gasteiger partial charge in [0.2, 0.25) is 0 Å². The van der Waals surface area contributed by atoms with Crippen LogP contribution in [0.25, 0.3) is 0 Å². The monoisotopic (exact) mass is 165 g/mol. The summed E-state index contributed by atoms with van der Waals surface area (Å²) in [7, 11) is 0. The largest absolute Gasteiger partial charge is 0.300 e. The van der Waals surface area contributed by atoms with E-state index in [0.717, 1.165) is 32.2 Å². The van der Waals surface area contributed by atoms with E-state index in [1.807, 2.05) is 0 Å². The van der Waals surface area contributed by atoms with Gasteiger partial charge in [0.15, 0.2) is 0 Å². The quantitative estimate of drug-likeness (QED) is 0.538. The van der Waals surface area contributed by atoms with E-state index in [2.05, 4.69) is 11.9 Å². The van der Waals surface area contributed by atoms with E-state index in [1.54, 1.807) is 0 Å². The molecule has 0 saturated heterocycles. The van der Waals surface area contributed by atoms with Crippen molar-refractivity contribution in [1.29, 1.82) is 0 Å². The van der Waals surface area contributed by atoms with Gasteiger partial charge < -0.3 is 0 Å². The van der Waals surface area contributed by atoms with E-state index < -0.39 is 0 Å². The lowest BCUT2D eigenvalue weighted by molar-refractivity contribution is -0.122. The summed E-state index contributed by atoms with van der Waals surface area (Å²) in [5.41, 5.74) is 1.24. The maximum absolute atomic E-state index is 11.2. The summed E-state index contributed by atoms with van der Waals surface area (Å²) >= 11 is 0. The molecule has 2 unspecified atom stereocenters. The molecule has 2 rings (SSSR count). The Morgan fingerprint density at radius 3 is 3.00 bits per heavy atom. The molecule has 2 nitrogen and oxygen atoms in total. The lowest BCUT2D eigenvalue weighted by Crippen LogP contribution is -2.31. The lowest BCUT2D eigenvalue weighted by Gasteiger charge is -2.32. The van der Waals surface area contributed by atoms with Gasteiger partial charge in [0.05, 0.1) is 0 Å². The Balaban J connectivity index is 2.08. The molecule has 1 fully saturated rings. The maximum Gasteiger partial charge on any atom is 0.133 e. The summed E-state index contributed by atoms with van der Waals surface area (Å²) in [6.45, 7) is 3.05. The number of hydrogen-bond donors (Lipinski definition) is 0. The Kier molecular flexibility index (Phi) is 1.99. The highest BCUT2D eigenvalue weighted by Crippen LogP contribution is 2.33. The van der Waals surface area contributed by atoms with Gasteiger partial charge in [-0.05, 0) is 31.6 Å². The third kappa shape index (κ3) is 1.43. The molecule has 2 aliphatic rings. The van der Waals surface area contributed by atoms with Gasteiger partial charge in [-0.15, -0.1) is 0 Å². The fraction of sp³-hybridized carbons (Fsp3) is 0.800. The summed E-state index contributed by atoms with van der Waals surface area (Å²) in [5, 5.41) is 0. The molecule has 12 heavy (non-hydrogen) atoms. The zero-order valence-electron chi connectivity index (χ0n) is 7.55. The highest BCUT2D eigenvalue weighted by molar-refractivity contribution is 5.85. The fourth-order valence-corrected chi connectivity index (χ4v) is 2.34. The Bertz CT molecular complexity index is 232. The topological polar surface area (TPSA) is 29.4 Å². The van der Waals surface area contributed by atoms with Crippen LogP contribution in [0.15, 0.2) is 4.99 Å². The number of nitrogens with zero attached hydrogens (tertiary/aromatic N) is 1. The third-order valence-electron chi connectivity index (χ3n) is 3.10. The predicted molar refractivity (Wildman–Crippen MR) is 48.4 cm³/mol. The molecular formula is C10H15NO. The molecule has 0 aromatic heterocycles. The van der Waals surface area contributed by atoms with E-state index in [0.29, 0.717) is 17.6 Å². The van der Waals surface area contributed by atoms with Crippen molar-refractivity contribution in [1.82, 2.24) is 0 Å². The van der Waals surface area contributed by atoms with Gasteiger partial charge in [0.25, 0.3) is 0 Å². The highest BCUT2D eigenvalue weighted by Gasteiger charge is 2.31. The first-order valence-corrected chi connectivity index (χ1v) is 4.77. The minimum absolute atomic E-state index is 0.464. The molecule has 2 heteroatoms. The second-order valence-electron chi connectivity index (χ2n) is 4.08. The number of aliphatic imine (C=N–C) groups is 1. The second kappa shape index (κ2) is 3.00. The number of ketones is 1. The minimum Gasteiger partial charge on any atom is -0.300 e. The molecule has 0 aromatic carbocycles. The van der Waals surface area contributed by atoms with Gasteiger partial charge in [0.1, 0.15) is 5.78 Å². The molecule has 0 amide bonds. The van der Waals surface area contributed by atoms with Crippen molar-refractivity contribution in [3.05, 3.63) is 0 Å². The van der Waals surface area contributed by atoms with Crippen LogP contribution in [-0.2, 0) is 4.79 Å². The van der Waals surface area contributed by atoms with Gasteiger partial charge in [-0.2, -0.15) is 0 Å². The Labute approximate surface area is 73.1 Å². The number of carbonyl (C=O) groups is 1. The first-order chi connectivity index (χ1) is 5.75. The molecule has 1 saturated carbocycles. The first kappa shape index (κ1) is 7.96. The Morgan fingerprint density at radius 2 is 2.17 bits per heavy atom. The van der Waals surface area contributed by atoms with Crippen molar-refractivity contribution in [3.63, 3.8) is 0 Å². The second-order valence-corrected chi connectivity index (χ2v) is 4.08. The predicted octanol–water partition coefficient (Wildman–Crippen LogP) is 1.84. The van der Waals surface area contributed by atoms with Crippen LogP contribution in [0.2, 0.25) is 0 Å². The zero-order valence-corrected chi connectivity index (χ0v) is 7.55. The smallest absolute Gasteiger partial charge is 0.133 e. The SMILES string of the molecule is CC1=NCC2CCC(=O)CC2C1. The van der Waals surface area contributed by atoms with Gasteiger partial charge >= 0.3 is 0 Å². The van der Waals surface area contributed by atoms with Crippen LogP contribution >= 0.6 is 0 Å². The van der Waals surface area contributed by atoms with Crippen LogP contribution in [0.5, 0.6) is 0 Å². The van der Waals surface area contributed by atoms with Crippen LogP contribution in [0.3, 0.4) is 0 Å². The third-order valence-corrected chi connectivity index (χ3v) is 3.10. The summed E-state index contributed by atoms with van der Waals surface area (Å²) in [5.74, 6) is 1.81. The Morgan fingerprint density at radius 1 is 1.33 bits per heavy atom. The fourth-order valence-electron chi connectivity index (χ4n) is 2.34. The summed E-state index contributed by atoms with van der Waals surface area (Å²) in [6.07, 6.45) is 3.77. The minimum atomic E-state index is 0.464. The maximum atomic E-state index is 11.2. The van der Waals surface area contributed by atoms with Crippen molar-refractivity contribution in [2.45, 2.75) is 32.6 Å². The first-order valence-electron chi connectivity index (χ1n) is 4.77. The molecule has 0 N–H and O–H groups in total. The van der Waals surface area contributed by atoms with E-state index in [9.17, 15) is 4.79 Å². The van der Waals surface area contributed by atoms with E-state index >= 15 is 0 Å². The molecular weight excluding hydrogens is 150 g/mol. The van der Waals surface area contributed by atoms with Gasteiger partial charge in [0, 0.05) is 25.1 Å². The number of fused-ring (bicyclic) bond motifs is 1. The molecule has 2 atom stereocenters. The molecule has 66 valence electrons. The van der Waals surface area contributed by atoms with Crippen molar-refractivity contribution in [2.24, 2.45) is 16.8 Å². The average Bonchev–Trinajstić information content (AvgIpc) is 2.03. The van der Waals surface area contributed by atoms with E-state index in [4.69, 9.17) is 0 Å². The summed E-state index contributed by atoms with van der Waals surface area (Å²) in [6, 6.07) is 0. The van der Waals surface area contributed by atoms with Crippen LogP contribution < -0.4 is 0 Å². The highest BCUT2D eigenvalue weighted by atomic mass is 16.1. The van der Waals surface area contributed by atoms with Crippen molar-refractivity contribution >= 4 is 11.5 Å². The molecule has 0 aromatic rings. The summed E-state index contributed by atoms with van der Waals surface area (Å²) < 4.78 is 0. The van der Waals surface area contributed by atoms with Crippen LogP contribution in [0.4, 0.5) is 0 Å². The molecule has 0 spiro atoms. The van der Waals surface area contributed by atoms with E-state index in [-0.39, 0.29) is 0 Å². The molecule has 0 radical (unpaired) electrons. The zero-order chi connectivity index (χ0) is 8.55. The molecule has 1 aliphatic heterocycles. The number of carbonyl (C=O) groups excluding carboxylic acids is 1. The normalized spacial score (nSPS) is 35.8. The standard InChI is InChI=1S/C10H15NO/c1-7-4-9-5-10(12)3-2-8(9)6-11-7/h8-9H,2-6H2,1H3. The van der Waals surface area contributed by atoms with Gasteiger partial charge in [-0.3, -0.25) is 9.79 Å². The van der Waals surface area contributed by atoms with Gasteiger partial charge in [-0.25, -0.2) is 0 Å². The molecule has 1 heterocycles. The Hall–Kier alpha value is -0.660. The van der Waals surface area contributed by atoms with Crippen LogP contribution in [0.1, 0.15) is 32.6 Å². The number of Topliss-reactive ketones (excluding diaryl/α,β-unsaturated/α-hetero) is 1. The van der Waals surface area contributed by atoms with Crippen molar-refractivity contribution in [3.8, 4) is 0 Å². The van der Waals surface area contributed by atoms with Crippen LogP contribution in [0, 0.1) is 11.8 Å². The van der Waals surface area contributed by atoms with Crippen LogP contribution in [-0.4, -0.2) is 18.0 Å². The number of hydrogen-bond acceptors (Lipinski definition) is 2. The van der Waals surface area contributed by atoms with Gasteiger partial charge in [-0.1, -0.05) is 0 Å². The molecule has 0 bridgehead atoms. The average molecular weight is 165 g/mol. The lowest BCUT2D eigenvalue weighted by atomic mass is 9.75. The summed E-state index contributed by atoms with van der Waals surface area (Å²) in [4.78, 5) is 15.6. The van der Waals surface area contributed by atoms with Crippen molar-refractivity contribution in [2.75, 3.05) is 6.54 Å². The number of rotatable bonds is 0. The van der Waals surface area contributed by atoms with E-state index in [1.165, 1.54) is 5.71 Å². The van der Waals surface area contributed by atoms with Crippen molar-refractivity contribution < 1.29 is 4.79 Å².